The van der Waals surface area contributed by atoms with Crippen molar-refractivity contribution in [2.45, 2.75) is 13.5 Å². The summed E-state index contributed by atoms with van der Waals surface area (Å²) in [6, 6.07) is 10.2. The SMILES string of the molecule is Cc1ccccc1-c1nn(CCN)c2ccncc12. The van der Waals surface area contributed by atoms with Crippen LogP contribution in [0.2, 0.25) is 0 Å². The van der Waals surface area contributed by atoms with Crippen LogP contribution in [0.4, 0.5) is 0 Å². The quantitative estimate of drug-likeness (QED) is 0.778. The van der Waals surface area contributed by atoms with Gasteiger partial charge in [0.15, 0.2) is 0 Å². The van der Waals surface area contributed by atoms with Crippen molar-refractivity contribution >= 4 is 10.9 Å². The summed E-state index contributed by atoms with van der Waals surface area (Å²) in [6.07, 6.45) is 3.66. The van der Waals surface area contributed by atoms with Gasteiger partial charge in [-0.15, -0.1) is 0 Å². The van der Waals surface area contributed by atoms with Gasteiger partial charge in [-0.05, 0) is 18.6 Å². The molecule has 4 nitrogen and oxygen atoms in total. The predicted molar refractivity (Wildman–Crippen MR) is 76.8 cm³/mol. The van der Waals surface area contributed by atoms with Gasteiger partial charge in [-0.1, -0.05) is 24.3 Å². The molecule has 4 heteroatoms. The zero-order chi connectivity index (χ0) is 13.2. The average molecular weight is 252 g/mol. The van der Waals surface area contributed by atoms with Crippen LogP contribution in [0.15, 0.2) is 42.7 Å². The zero-order valence-corrected chi connectivity index (χ0v) is 10.9. The molecule has 0 amide bonds. The third-order valence-corrected chi connectivity index (χ3v) is 3.29. The van der Waals surface area contributed by atoms with Crippen LogP contribution >= 0.6 is 0 Å². The summed E-state index contributed by atoms with van der Waals surface area (Å²) >= 11 is 0. The van der Waals surface area contributed by atoms with Gasteiger partial charge < -0.3 is 5.73 Å². The highest BCUT2D eigenvalue weighted by molar-refractivity contribution is 5.93. The first kappa shape index (κ1) is 11.9. The van der Waals surface area contributed by atoms with Gasteiger partial charge in [-0.2, -0.15) is 5.10 Å². The zero-order valence-electron chi connectivity index (χ0n) is 10.9. The normalized spacial score (nSPS) is 11.1. The lowest BCUT2D eigenvalue weighted by molar-refractivity contribution is 0.648. The lowest BCUT2D eigenvalue weighted by atomic mass is 10.0. The third-order valence-electron chi connectivity index (χ3n) is 3.29. The van der Waals surface area contributed by atoms with Gasteiger partial charge in [0, 0.05) is 29.9 Å². The summed E-state index contributed by atoms with van der Waals surface area (Å²) < 4.78 is 1.96. The number of pyridine rings is 1. The van der Waals surface area contributed by atoms with Crippen LogP contribution in [0.1, 0.15) is 5.56 Å². The molecule has 0 aliphatic carbocycles. The van der Waals surface area contributed by atoms with E-state index in [1.54, 1.807) is 6.20 Å². The Morgan fingerprint density at radius 2 is 2.05 bits per heavy atom. The first-order valence-corrected chi connectivity index (χ1v) is 6.38. The molecule has 0 aliphatic rings. The van der Waals surface area contributed by atoms with Crippen LogP contribution in [0.25, 0.3) is 22.2 Å². The second kappa shape index (κ2) is 4.82. The molecule has 0 radical (unpaired) electrons. The van der Waals surface area contributed by atoms with Crippen molar-refractivity contribution in [3.8, 4) is 11.3 Å². The Morgan fingerprint density at radius 3 is 2.84 bits per heavy atom. The smallest absolute Gasteiger partial charge is 0.102 e. The Kier molecular flexibility index (Phi) is 3.01. The second-order valence-electron chi connectivity index (χ2n) is 4.57. The summed E-state index contributed by atoms with van der Waals surface area (Å²) in [5, 5.41) is 5.78. The highest BCUT2D eigenvalue weighted by Crippen LogP contribution is 2.29. The van der Waals surface area contributed by atoms with E-state index < -0.39 is 0 Å². The molecule has 0 unspecified atom stereocenters. The molecule has 2 N–H and O–H groups in total. The highest BCUT2D eigenvalue weighted by Gasteiger charge is 2.13. The summed E-state index contributed by atoms with van der Waals surface area (Å²) in [7, 11) is 0. The van der Waals surface area contributed by atoms with Crippen molar-refractivity contribution in [2.75, 3.05) is 6.54 Å². The summed E-state index contributed by atoms with van der Waals surface area (Å²) in [6.45, 7) is 3.39. The maximum Gasteiger partial charge on any atom is 0.102 e. The number of aryl methyl sites for hydroxylation is 1. The molecule has 2 heterocycles. The molecule has 1 aromatic carbocycles. The Bertz CT molecular complexity index is 715. The third kappa shape index (κ3) is 2.00. The summed E-state index contributed by atoms with van der Waals surface area (Å²) in [5.41, 5.74) is 10.1. The fraction of sp³-hybridized carbons (Fsp3) is 0.200. The van der Waals surface area contributed by atoms with Crippen molar-refractivity contribution < 1.29 is 0 Å². The summed E-state index contributed by atoms with van der Waals surface area (Å²) in [5.74, 6) is 0. The van der Waals surface area contributed by atoms with E-state index in [1.807, 2.05) is 29.1 Å². The van der Waals surface area contributed by atoms with Gasteiger partial charge in [0.2, 0.25) is 0 Å². The number of nitrogens with zero attached hydrogens (tertiary/aromatic N) is 3. The minimum Gasteiger partial charge on any atom is -0.329 e. The standard InChI is InChI=1S/C15H16N4/c1-11-4-2-3-5-12(11)15-13-10-17-8-6-14(13)19(18-15)9-7-16/h2-6,8,10H,7,9,16H2,1H3. The molecule has 0 atom stereocenters. The van der Waals surface area contributed by atoms with Crippen LogP contribution in [0.5, 0.6) is 0 Å². The number of rotatable bonds is 3. The fourth-order valence-electron chi connectivity index (χ4n) is 2.35. The molecule has 96 valence electrons. The molecular formula is C15H16N4. The van der Waals surface area contributed by atoms with E-state index in [-0.39, 0.29) is 0 Å². The molecule has 3 rings (SSSR count). The topological polar surface area (TPSA) is 56.7 Å². The van der Waals surface area contributed by atoms with E-state index in [0.29, 0.717) is 13.1 Å². The first-order chi connectivity index (χ1) is 9.31. The van der Waals surface area contributed by atoms with Gasteiger partial charge in [-0.25, -0.2) is 0 Å². The van der Waals surface area contributed by atoms with E-state index in [9.17, 15) is 0 Å². The van der Waals surface area contributed by atoms with Crippen LogP contribution in [0.3, 0.4) is 0 Å². The van der Waals surface area contributed by atoms with Crippen molar-refractivity contribution in [1.29, 1.82) is 0 Å². The maximum absolute atomic E-state index is 5.65. The predicted octanol–water partition coefficient (Wildman–Crippen LogP) is 2.37. The number of fused-ring (bicyclic) bond motifs is 1. The summed E-state index contributed by atoms with van der Waals surface area (Å²) in [4.78, 5) is 4.22. The van der Waals surface area contributed by atoms with Crippen LogP contribution < -0.4 is 5.73 Å². The highest BCUT2D eigenvalue weighted by atomic mass is 15.3. The number of aromatic nitrogens is 3. The molecule has 0 bridgehead atoms. The number of hydrogen-bond donors (Lipinski definition) is 1. The Hall–Kier alpha value is -2.20. The Morgan fingerprint density at radius 1 is 1.21 bits per heavy atom. The molecule has 0 aliphatic heterocycles. The van der Waals surface area contributed by atoms with E-state index in [1.165, 1.54) is 5.56 Å². The minimum absolute atomic E-state index is 0.576. The molecule has 19 heavy (non-hydrogen) atoms. The largest absolute Gasteiger partial charge is 0.329 e. The van der Waals surface area contributed by atoms with Crippen LogP contribution in [-0.4, -0.2) is 21.3 Å². The van der Waals surface area contributed by atoms with Crippen molar-refractivity contribution in [2.24, 2.45) is 5.73 Å². The van der Waals surface area contributed by atoms with Gasteiger partial charge in [0.25, 0.3) is 0 Å². The van der Waals surface area contributed by atoms with Gasteiger partial charge in [0.05, 0.1) is 12.1 Å². The lowest BCUT2D eigenvalue weighted by Crippen LogP contribution is -2.10. The fourth-order valence-corrected chi connectivity index (χ4v) is 2.35. The molecule has 0 saturated carbocycles. The van der Waals surface area contributed by atoms with Gasteiger partial charge in [0.1, 0.15) is 5.69 Å². The monoisotopic (exact) mass is 252 g/mol. The maximum atomic E-state index is 5.65. The minimum atomic E-state index is 0.576. The number of hydrogen-bond acceptors (Lipinski definition) is 3. The average Bonchev–Trinajstić information content (AvgIpc) is 2.79. The van der Waals surface area contributed by atoms with E-state index in [4.69, 9.17) is 10.8 Å². The van der Waals surface area contributed by atoms with E-state index >= 15 is 0 Å². The van der Waals surface area contributed by atoms with Crippen molar-refractivity contribution in [1.82, 2.24) is 14.8 Å². The molecule has 3 aromatic rings. The second-order valence-corrected chi connectivity index (χ2v) is 4.57. The van der Waals surface area contributed by atoms with Crippen LogP contribution in [-0.2, 0) is 6.54 Å². The van der Waals surface area contributed by atoms with Gasteiger partial charge >= 0.3 is 0 Å². The Balaban J connectivity index is 2.27. The number of nitrogens with two attached hydrogens (primary N) is 1. The van der Waals surface area contributed by atoms with Crippen molar-refractivity contribution in [3.63, 3.8) is 0 Å². The molecule has 0 spiro atoms. The van der Waals surface area contributed by atoms with Crippen molar-refractivity contribution in [3.05, 3.63) is 48.3 Å². The molecule has 0 saturated heterocycles. The first-order valence-electron chi connectivity index (χ1n) is 6.38. The number of benzene rings is 1. The molecule has 0 fully saturated rings. The lowest BCUT2D eigenvalue weighted by Gasteiger charge is -2.02. The molecule has 2 aromatic heterocycles. The van der Waals surface area contributed by atoms with Gasteiger partial charge in [-0.3, -0.25) is 9.67 Å². The Labute approximate surface area is 111 Å². The van der Waals surface area contributed by atoms with Crippen LogP contribution in [0, 0.1) is 6.92 Å². The van der Waals surface area contributed by atoms with E-state index in [0.717, 1.165) is 22.2 Å². The molecular weight excluding hydrogens is 236 g/mol. The van der Waals surface area contributed by atoms with E-state index in [2.05, 4.69) is 24.0 Å².